The van der Waals surface area contributed by atoms with Crippen LogP contribution in [-0.4, -0.2) is 31.1 Å². The monoisotopic (exact) mass is 160 g/mol. The van der Waals surface area contributed by atoms with Gasteiger partial charge < -0.3 is 20.9 Å². The largest absolute Gasteiger partial charge is 0.343 e. The van der Waals surface area contributed by atoms with Gasteiger partial charge in [-0.25, -0.2) is 0 Å². The molecule has 0 saturated carbocycles. The summed E-state index contributed by atoms with van der Waals surface area (Å²) >= 11 is 0. The highest BCUT2D eigenvalue weighted by Gasteiger charge is 2.39. The Hall–Kier alpha value is -0.160. The molecule has 0 unspecified atom stereocenters. The van der Waals surface area contributed by atoms with Gasteiger partial charge in [0.15, 0.2) is 5.79 Å². The van der Waals surface area contributed by atoms with Gasteiger partial charge in [0.1, 0.15) is 12.2 Å². The van der Waals surface area contributed by atoms with Crippen LogP contribution in [0.2, 0.25) is 0 Å². The molecule has 1 fully saturated rings. The molecule has 66 valence electrons. The van der Waals surface area contributed by atoms with Crippen molar-refractivity contribution in [1.82, 2.24) is 0 Å². The molecule has 0 amide bonds. The predicted molar refractivity (Wildman–Crippen MR) is 41.9 cm³/mol. The van der Waals surface area contributed by atoms with Crippen LogP contribution in [0.15, 0.2) is 0 Å². The first-order chi connectivity index (χ1) is 5.09. The molecule has 1 aliphatic rings. The fourth-order valence-electron chi connectivity index (χ4n) is 1.31. The first-order valence-electron chi connectivity index (χ1n) is 3.85. The van der Waals surface area contributed by atoms with Crippen molar-refractivity contribution >= 4 is 0 Å². The smallest absolute Gasteiger partial charge is 0.163 e. The molecule has 1 rings (SSSR count). The van der Waals surface area contributed by atoms with E-state index in [1.165, 1.54) is 0 Å². The third kappa shape index (κ3) is 1.90. The summed E-state index contributed by atoms with van der Waals surface area (Å²) in [7, 11) is 0. The zero-order valence-electron chi connectivity index (χ0n) is 7.04. The number of hydrogen-bond donors (Lipinski definition) is 2. The van der Waals surface area contributed by atoms with Crippen LogP contribution >= 0.6 is 0 Å². The molecule has 1 saturated heterocycles. The van der Waals surface area contributed by atoms with Crippen molar-refractivity contribution in [3.63, 3.8) is 0 Å². The van der Waals surface area contributed by atoms with Gasteiger partial charge in [-0.05, 0) is 13.8 Å². The van der Waals surface area contributed by atoms with Crippen molar-refractivity contribution in [2.45, 2.75) is 31.8 Å². The van der Waals surface area contributed by atoms with E-state index in [2.05, 4.69) is 0 Å². The summed E-state index contributed by atoms with van der Waals surface area (Å²) in [4.78, 5) is 0. The Labute approximate surface area is 66.8 Å². The van der Waals surface area contributed by atoms with Crippen LogP contribution in [0.5, 0.6) is 0 Å². The van der Waals surface area contributed by atoms with Crippen molar-refractivity contribution in [2.24, 2.45) is 11.5 Å². The Balaban J connectivity index is 2.55. The second kappa shape index (κ2) is 3.06. The maximum Gasteiger partial charge on any atom is 0.163 e. The summed E-state index contributed by atoms with van der Waals surface area (Å²) in [6, 6.07) is 0. The van der Waals surface area contributed by atoms with Gasteiger partial charge in [-0.15, -0.1) is 0 Å². The van der Waals surface area contributed by atoms with Gasteiger partial charge in [-0.3, -0.25) is 0 Å². The summed E-state index contributed by atoms with van der Waals surface area (Å²) in [6.07, 6.45) is -0.0926. The van der Waals surface area contributed by atoms with E-state index in [1.807, 2.05) is 13.8 Å². The summed E-state index contributed by atoms with van der Waals surface area (Å²) in [6.45, 7) is 4.66. The van der Waals surface area contributed by atoms with Crippen LogP contribution in [0.3, 0.4) is 0 Å². The van der Waals surface area contributed by atoms with Crippen molar-refractivity contribution < 1.29 is 9.47 Å². The second-order valence-corrected chi connectivity index (χ2v) is 3.18. The van der Waals surface area contributed by atoms with Gasteiger partial charge >= 0.3 is 0 Å². The first kappa shape index (κ1) is 8.93. The van der Waals surface area contributed by atoms with E-state index in [0.29, 0.717) is 13.1 Å². The van der Waals surface area contributed by atoms with Gasteiger partial charge in [-0.1, -0.05) is 0 Å². The molecule has 4 nitrogen and oxygen atoms in total. The van der Waals surface area contributed by atoms with Gasteiger partial charge in [0, 0.05) is 13.1 Å². The molecule has 1 aliphatic heterocycles. The van der Waals surface area contributed by atoms with Crippen LogP contribution in [0.25, 0.3) is 0 Å². The zero-order valence-corrected chi connectivity index (χ0v) is 7.04. The van der Waals surface area contributed by atoms with E-state index in [9.17, 15) is 0 Å². The molecule has 0 aliphatic carbocycles. The lowest BCUT2D eigenvalue weighted by Gasteiger charge is -2.16. The summed E-state index contributed by atoms with van der Waals surface area (Å²) in [5.74, 6) is -0.520. The number of rotatable bonds is 2. The fraction of sp³-hybridized carbons (Fsp3) is 1.00. The lowest BCUT2D eigenvalue weighted by Crippen LogP contribution is -2.35. The topological polar surface area (TPSA) is 70.5 Å². The third-order valence-electron chi connectivity index (χ3n) is 1.75. The van der Waals surface area contributed by atoms with E-state index in [-0.39, 0.29) is 12.2 Å². The van der Waals surface area contributed by atoms with Gasteiger partial charge in [0.05, 0.1) is 0 Å². The highest BCUT2D eigenvalue weighted by Crippen LogP contribution is 2.26. The Morgan fingerprint density at radius 2 is 1.45 bits per heavy atom. The molecule has 2 atom stereocenters. The highest BCUT2D eigenvalue weighted by molar-refractivity contribution is 4.82. The zero-order chi connectivity index (χ0) is 8.48. The van der Waals surface area contributed by atoms with E-state index in [0.717, 1.165) is 0 Å². The van der Waals surface area contributed by atoms with Crippen molar-refractivity contribution in [3.8, 4) is 0 Å². The molecule has 0 spiro atoms. The van der Waals surface area contributed by atoms with Gasteiger partial charge in [0.2, 0.25) is 0 Å². The van der Waals surface area contributed by atoms with Gasteiger partial charge in [0.25, 0.3) is 0 Å². The molecule has 0 aromatic rings. The maximum atomic E-state index is 5.47. The van der Waals surface area contributed by atoms with Crippen molar-refractivity contribution in [2.75, 3.05) is 13.1 Å². The number of hydrogen-bond acceptors (Lipinski definition) is 4. The summed E-state index contributed by atoms with van der Waals surface area (Å²) in [5, 5.41) is 0. The van der Waals surface area contributed by atoms with Crippen molar-refractivity contribution in [3.05, 3.63) is 0 Å². The van der Waals surface area contributed by atoms with E-state index in [1.54, 1.807) is 0 Å². The Bertz CT molecular complexity index is 124. The van der Waals surface area contributed by atoms with Crippen LogP contribution < -0.4 is 11.5 Å². The molecule has 0 aromatic heterocycles. The number of ether oxygens (including phenoxy) is 2. The van der Waals surface area contributed by atoms with Crippen LogP contribution in [0, 0.1) is 0 Å². The Kier molecular flexibility index (Phi) is 2.49. The average molecular weight is 160 g/mol. The molecular formula is C7H16N2O2. The molecule has 4 heteroatoms. The average Bonchev–Trinajstić information content (AvgIpc) is 2.25. The second-order valence-electron chi connectivity index (χ2n) is 3.18. The predicted octanol–water partition coefficient (Wildman–Crippen LogP) is -0.576. The van der Waals surface area contributed by atoms with Crippen LogP contribution in [0.4, 0.5) is 0 Å². The molecule has 0 aromatic carbocycles. The van der Waals surface area contributed by atoms with Crippen molar-refractivity contribution in [1.29, 1.82) is 0 Å². The third-order valence-corrected chi connectivity index (χ3v) is 1.75. The normalized spacial score (nSPS) is 36.0. The summed E-state index contributed by atoms with van der Waals surface area (Å²) in [5.41, 5.74) is 10.9. The standard InChI is InChI=1S/C7H16N2O2/c1-7(2)10-5(3-8)6(4-9)11-7/h5-6H,3-4,8-9H2,1-2H3/t5-,6-/m1/s1. The Morgan fingerprint density at radius 3 is 1.73 bits per heavy atom. The molecule has 1 heterocycles. The van der Waals surface area contributed by atoms with E-state index in [4.69, 9.17) is 20.9 Å². The van der Waals surface area contributed by atoms with E-state index < -0.39 is 5.79 Å². The van der Waals surface area contributed by atoms with Crippen LogP contribution in [0.1, 0.15) is 13.8 Å². The van der Waals surface area contributed by atoms with E-state index >= 15 is 0 Å². The first-order valence-corrected chi connectivity index (χ1v) is 3.85. The molecule has 4 N–H and O–H groups in total. The molecular weight excluding hydrogens is 144 g/mol. The molecule has 0 radical (unpaired) electrons. The van der Waals surface area contributed by atoms with Gasteiger partial charge in [-0.2, -0.15) is 0 Å². The van der Waals surface area contributed by atoms with Crippen LogP contribution in [-0.2, 0) is 9.47 Å². The quantitative estimate of drug-likeness (QED) is 0.567. The fourth-order valence-corrected chi connectivity index (χ4v) is 1.31. The molecule has 0 bridgehead atoms. The lowest BCUT2D eigenvalue weighted by molar-refractivity contribution is -0.144. The lowest BCUT2D eigenvalue weighted by atomic mass is 10.2. The molecule has 11 heavy (non-hydrogen) atoms. The summed E-state index contributed by atoms with van der Waals surface area (Å²) < 4.78 is 10.9. The minimum absolute atomic E-state index is 0.0463. The minimum Gasteiger partial charge on any atom is -0.343 e. The number of nitrogens with two attached hydrogens (primary N) is 2. The SMILES string of the molecule is CC1(C)O[C@H](CN)[C@@H](CN)O1. The maximum absolute atomic E-state index is 5.47. The highest BCUT2D eigenvalue weighted by atomic mass is 16.8. The minimum atomic E-state index is -0.520. The Morgan fingerprint density at radius 1 is 1.09 bits per heavy atom.